The monoisotopic (exact) mass is 326 g/mol. The van der Waals surface area contributed by atoms with Gasteiger partial charge in [0.2, 0.25) is 0 Å². The first-order chi connectivity index (χ1) is 10.8. The molecule has 0 heterocycles. The van der Waals surface area contributed by atoms with Crippen molar-refractivity contribution in [2.75, 3.05) is 0 Å². The summed E-state index contributed by atoms with van der Waals surface area (Å²) < 4.78 is 0. The van der Waals surface area contributed by atoms with Crippen LogP contribution in [0.4, 0.5) is 0 Å². The molecule has 2 bridgehead atoms. The summed E-state index contributed by atoms with van der Waals surface area (Å²) in [4.78, 5) is 0. The molecule has 0 saturated heterocycles. The van der Waals surface area contributed by atoms with Crippen LogP contribution in [-0.4, -0.2) is 0 Å². The summed E-state index contributed by atoms with van der Waals surface area (Å²) in [6.07, 6.45) is 15.3. The Morgan fingerprint density at radius 2 is 1.50 bits per heavy atom. The largest absolute Gasteiger partial charge is 0.0740 e. The molecule has 0 N–H and O–H groups in total. The van der Waals surface area contributed by atoms with Crippen LogP contribution < -0.4 is 0 Å². The van der Waals surface area contributed by atoms with E-state index in [1.165, 1.54) is 25.7 Å². The topological polar surface area (TPSA) is 0 Å². The van der Waals surface area contributed by atoms with Gasteiger partial charge in [0.15, 0.2) is 0 Å². The zero-order chi connectivity index (χ0) is 18.0. The molecular weight excluding hydrogens is 288 g/mol. The maximum absolute atomic E-state index is 2.52. The summed E-state index contributed by atoms with van der Waals surface area (Å²) in [7, 11) is 0. The molecule has 134 valence electrons. The summed E-state index contributed by atoms with van der Waals surface area (Å²) in [5, 5.41) is 0. The highest BCUT2D eigenvalue weighted by Crippen LogP contribution is 2.56. The van der Waals surface area contributed by atoms with Gasteiger partial charge in [-0.1, -0.05) is 79.7 Å². The molecule has 1 saturated carbocycles. The van der Waals surface area contributed by atoms with Gasteiger partial charge in [0.05, 0.1) is 0 Å². The molecule has 0 nitrogen and oxygen atoms in total. The molecule has 0 aromatic carbocycles. The fraction of sp³-hybridized carbons (Fsp3) is 0.750. The molecule has 1 fully saturated rings. The molecule has 3 aliphatic carbocycles. The molecule has 0 radical (unpaired) electrons. The van der Waals surface area contributed by atoms with Gasteiger partial charge in [-0.15, -0.1) is 0 Å². The first kappa shape index (κ1) is 18.0. The van der Waals surface area contributed by atoms with Crippen LogP contribution >= 0.6 is 0 Å². The fourth-order valence-corrected chi connectivity index (χ4v) is 5.28. The number of hydrogen-bond donors (Lipinski definition) is 0. The maximum atomic E-state index is 2.52. The molecule has 3 atom stereocenters. The second-order valence-corrected chi connectivity index (χ2v) is 11.5. The first-order valence-corrected chi connectivity index (χ1v) is 9.95. The van der Waals surface area contributed by atoms with E-state index in [0.29, 0.717) is 10.8 Å². The Bertz CT molecular complexity index is 602. The molecule has 0 aromatic rings. The lowest BCUT2D eigenvalue weighted by Crippen LogP contribution is -2.28. The smallest absolute Gasteiger partial charge is 0.00875 e. The standard InChI is InChI=1S/C24H38/c1-21(2,3)24(8)11-9-17-13-19-16-22(4,5)14-18(15-23(19,6)7)20(17)10-12-24/h9-12,18-19H,13-16H2,1-8H3. The average Bonchev–Trinajstić information content (AvgIpc) is 2.64. The van der Waals surface area contributed by atoms with Crippen molar-refractivity contribution in [2.45, 2.75) is 81.1 Å². The number of rotatable bonds is 0. The van der Waals surface area contributed by atoms with Gasteiger partial charge in [-0.3, -0.25) is 0 Å². The van der Waals surface area contributed by atoms with Crippen molar-refractivity contribution < 1.29 is 0 Å². The van der Waals surface area contributed by atoms with Crippen LogP contribution in [0, 0.1) is 33.5 Å². The van der Waals surface area contributed by atoms with Gasteiger partial charge in [-0.25, -0.2) is 0 Å². The van der Waals surface area contributed by atoms with E-state index in [-0.39, 0.29) is 10.8 Å². The van der Waals surface area contributed by atoms with Crippen LogP contribution in [-0.2, 0) is 0 Å². The zero-order valence-corrected chi connectivity index (χ0v) is 17.3. The quantitative estimate of drug-likeness (QED) is 0.437. The average molecular weight is 327 g/mol. The minimum atomic E-state index is 0.137. The second kappa shape index (κ2) is 5.36. The van der Waals surface area contributed by atoms with Gasteiger partial charge in [-0.05, 0) is 64.9 Å². The lowest BCUT2D eigenvalue weighted by Gasteiger charge is -2.37. The highest BCUT2D eigenvalue weighted by atomic mass is 14.5. The zero-order valence-electron chi connectivity index (χ0n) is 17.3. The van der Waals surface area contributed by atoms with E-state index in [1.54, 1.807) is 11.1 Å². The van der Waals surface area contributed by atoms with E-state index in [9.17, 15) is 0 Å². The minimum Gasteiger partial charge on any atom is -0.0740 e. The van der Waals surface area contributed by atoms with E-state index in [4.69, 9.17) is 0 Å². The predicted octanol–water partition coefficient (Wildman–Crippen LogP) is 7.33. The van der Waals surface area contributed by atoms with E-state index in [0.717, 1.165) is 11.8 Å². The van der Waals surface area contributed by atoms with Crippen molar-refractivity contribution in [3.63, 3.8) is 0 Å². The Morgan fingerprint density at radius 3 is 2.12 bits per heavy atom. The third-order valence-electron chi connectivity index (χ3n) is 7.61. The summed E-state index contributed by atoms with van der Waals surface area (Å²) >= 11 is 0. The van der Waals surface area contributed by atoms with Crippen molar-refractivity contribution in [2.24, 2.45) is 33.5 Å². The number of hydrogen-bond acceptors (Lipinski definition) is 0. The van der Waals surface area contributed by atoms with Crippen LogP contribution in [0.2, 0.25) is 0 Å². The van der Waals surface area contributed by atoms with Gasteiger partial charge in [0, 0.05) is 5.41 Å². The lowest BCUT2D eigenvalue weighted by molar-refractivity contribution is 0.163. The number of fused-ring (bicyclic) bond motifs is 4. The van der Waals surface area contributed by atoms with Crippen molar-refractivity contribution in [3.05, 3.63) is 35.5 Å². The third kappa shape index (κ3) is 3.06. The molecule has 0 aliphatic heterocycles. The fourth-order valence-electron chi connectivity index (χ4n) is 5.28. The highest BCUT2D eigenvalue weighted by molar-refractivity contribution is 5.42. The molecule has 24 heavy (non-hydrogen) atoms. The van der Waals surface area contributed by atoms with Gasteiger partial charge in [0.1, 0.15) is 0 Å². The SMILES string of the molecule is CC1(C)CC2CC(C)(C)C(CC3=C2C=CC(C)(C(C)(C)C)C=C3)C1. The molecule has 3 aliphatic rings. The molecular formula is C24H38. The normalized spacial score (nSPS) is 37.7. The second-order valence-electron chi connectivity index (χ2n) is 11.5. The molecule has 0 spiro atoms. The Kier molecular flexibility index (Phi) is 4.02. The summed E-state index contributed by atoms with van der Waals surface area (Å²) in [6, 6.07) is 0. The van der Waals surface area contributed by atoms with Crippen molar-refractivity contribution in [1.29, 1.82) is 0 Å². The Balaban J connectivity index is 2.06. The third-order valence-corrected chi connectivity index (χ3v) is 7.61. The molecule has 3 unspecified atom stereocenters. The Morgan fingerprint density at radius 1 is 0.875 bits per heavy atom. The van der Waals surface area contributed by atoms with Gasteiger partial charge >= 0.3 is 0 Å². The van der Waals surface area contributed by atoms with Crippen LogP contribution in [0.15, 0.2) is 35.5 Å². The first-order valence-electron chi connectivity index (χ1n) is 9.95. The van der Waals surface area contributed by atoms with Crippen LogP contribution in [0.1, 0.15) is 81.1 Å². The van der Waals surface area contributed by atoms with Crippen molar-refractivity contribution in [1.82, 2.24) is 0 Å². The highest BCUT2D eigenvalue weighted by Gasteiger charge is 2.45. The summed E-state index contributed by atoms with van der Waals surface area (Å²) in [6.45, 7) is 19.5. The Hall–Kier alpha value is -0.780. The van der Waals surface area contributed by atoms with Gasteiger partial charge < -0.3 is 0 Å². The summed E-state index contributed by atoms with van der Waals surface area (Å²) in [5.74, 6) is 1.53. The van der Waals surface area contributed by atoms with Crippen LogP contribution in [0.25, 0.3) is 0 Å². The van der Waals surface area contributed by atoms with E-state index < -0.39 is 0 Å². The van der Waals surface area contributed by atoms with E-state index in [2.05, 4.69) is 79.7 Å². The minimum absolute atomic E-state index is 0.137. The van der Waals surface area contributed by atoms with Crippen LogP contribution in [0.5, 0.6) is 0 Å². The molecule has 0 heteroatoms. The van der Waals surface area contributed by atoms with E-state index >= 15 is 0 Å². The Labute approximate surface area is 150 Å². The summed E-state index contributed by atoms with van der Waals surface area (Å²) in [5.41, 5.74) is 4.60. The van der Waals surface area contributed by atoms with Gasteiger partial charge in [-0.2, -0.15) is 0 Å². The molecule has 0 aromatic heterocycles. The van der Waals surface area contributed by atoms with Crippen molar-refractivity contribution in [3.8, 4) is 0 Å². The van der Waals surface area contributed by atoms with Crippen molar-refractivity contribution >= 4 is 0 Å². The molecule has 0 amide bonds. The lowest BCUT2D eigenvalue weighted by atomic mass is 9.67. The van der Waals surface area contributed by atoms with E-state index in [1.807, 2.05) is 0 Å². The molecule has 3 rings (SSSR count). The number of allylic oxidation sites excluding steroid dienone is 6. The predicted molar refractivity (Wildman–Crippen MR) is 106 cm³/mol. The maximum Gasteiger partial charge on any atom is 0.00875 e. The van der Waals surface area contributed by atoms with Gasteiger partial charge in [0.25, 0.3) is 0 Å². The van der Waals surface area contributed by atoms with Crippen LogP contribution in [0.3, 0.4) is 0 Å².